The summed E-state index contributed by atoms with van der Waals surface area (Å²) in [5.74, 6) is 0.614. The second-order valence-electron chi connectivity index (χ2n) is 5.40. The molecule has 1 saturated heterocycles. The molecule has 1 aliphatic heterocycles. The van der Waals surface area contributed by atoms with E-state index in [9.17, 15) is 4.79 Å². The van der Waals surface area contributed by atoms with Crippen LogP contribution >= 0.6 is 0 Å². The monoisotopic (exact) mass is 257 g/mol. The van der Waals surface area contributed by atoms with Gasteiger partial charge in [0.05, 0.1) is 0 Å². The zero-order chi connectivity index (χ0) is 12.8. The molecule has 19 heavy (non-hydrogen) atoms. The van der Waals surface area contributed by atoms with Gasteiger partial charge >= 0.3 is 0 Å². The van der Waals surface area contributed by atoms with Gasteiger partial charge < -0.3 is 10.6 Å². The molecule has 6 heteroatoms. The van der Waals surface area contributed by atoms with Crippen LogP contribution in [-0.2, 0) is 0 Å². The molecule has 0 aromatic carbocycles. The van der Waals surface area contributed by atoms with E-state index in [2.05, 4.69) is 20.6 Å². The van der Waals surface area contributed by atoms with Crippen LogP contribution in [0.2, 0.25) is 0 Å². The number of hydrogen-bond acceptors (Lipinski definition) is 4. The number of aromatic nitrogens is 3. The molecular formula is C13H15N5O. The third-order valence-electron chi connectivity index (χ3n) is 4.16. The van der Waals surface area contributed by atoms with Crippen molar-refractivity contribution in [2.45, 2.75) is 24.9 Å². The van der Waals surface area contributed by atoms with Crippen molar-refractivity contribution in [1.29, 1.82) is 0 Å². The molecule has 3 atom stereocenters. The Bertz CT molecular complexity index is 637. The molecule has 2 fully saturated rings. The molecule has 2 aromatic rings. The Labute approximate surface area is 110 Å². The van der Waals surface area contributed by atoms with Crippen molar-refractivity contribution in [1.82, 2.24) is 25.0 Å². The van der Waals surface area contributed by atoms with E-state index in [4.69, 9.17) is 0 Å². The van der Waals surface area contributed by atoms with E-state index in [1.807, 2.05) is 6.20 Å². The van der Waals surface area contributed by atoms with Crippen molar-refractivity contribution in [3.63, 3.8) is 0 Å². The molecule has 2 N–H and O–H groups in total. The summed E-state index contributed by atoms with van der Waals surface area (Å²) in [6, 6.07) is 2.39. The first kappa shape index (κ1) is 10.9. The van der Waals surface area contributed by atoms with Gasteiger partial charge in [-0.3, -0.25) is 9.20 Å². The van der Waals surface area contributed by atoms with Gasteiger partial charge in [0.15, 0.2) is 0 Å². The molecular weight excluding hydrogens is 242 g/mol. The molecule has 3 heterocycles. The van der Waals surface area contributed by atoms with Gasteiger partial charge in [-0.15, -0.1) is 0 Å². The number of nitrogens with zero attached hydrogens (tertiary/aromatic N) is 3. The van der Waals surface area contributed by atoms with Gasteiger partial charge in [-0.2, -0.15) is 0 Å². The lowest BCUT2D eigenvalue weighted by Gasteiger charge is -2.23. The highest BCUT2D eigenvalue weighted by atomic mass is 16.2. The molecule has 0 unspecified atom stereocenters. The highest BCUT2D eigenvalue weighted by Crippen LogP contribution is 2.31. The molecule has 4 rings (SSSR count). The Hall–Kier alpha value is -1.95. The topological polar surface area (TPSA) is 71.3 Å². The lowest BCUT2D eigenvalue weighted by molar-refractivity contribution is 0.0923. The molecule has 6 nitrogen and oxygen atoms in total. The first-order valence-electron chi connectivity index (χ1n) is 6.62. The van der Waals surface area contributed by atoms with Crippen molar-refractivity contribution >= 4 is 11.6 Å². The number of nitrogens with one attached hydrogen (secondary N) is 2. The second-order valence-corrected chi connectivity index (χ2v) is 5.40. The highest BCUT2D eigenvalue weighted by molar-refractivity contribution is 5.93. The van der Waals surface area contributed by atoms with Crippen LogP contribution in [0.15, 0.2) is 24.8 Å². The van der Waals surface area contributed by atoms with Gasteiger partial charge in [0.2, 0.25) is 0 Å². The van der Waals surface area contributed by atoms with Crippen molar-refractivity contribution < 1.29 is 4.79 Å². The first-order valence-corrected chi connectivity index (χ1v) is 6.62. The summed E-state index contributed by atoms with van der Waals surface area (Å²) in [6.07, 6.45) is 7.38. The Kier molecular flexibility index (Phi) is 2.32. The maximum absolute atomic E-state index is 12.2. The summed E-state index contributed by atoms with van der Waals surface area (Å²) in [7, 11) is 0. The predicted octanol–water partition coefficient (Wildman–Crippen LogP) is 0.209. The van der Waals surface area contributed by atoms with E-state index in [1.165, 1.54) is 6.42 Å². The minimum Gasteiger partial charge on any atom is -0.346 e. The highest BCUT2D eigenvalue weighted by Gasteiger charge is 2.40. The largest absolute Gasteiger partial charge is 0.346 e. The maximum atomic E-state index is 12.2. The third-order valence-corrected chi connectivity index (χ3v) is 4.16. The number of fused-ring (bicyclic) bond motifs is 3. The van der Waals surface area contributed by atoms with Crippen molar-refractivity contribution in [3.8, 4) is 0 Å². The summed E-state index contributed by atoms with van der Waals surface area (Å²) in [4.78, 5) is 20.5. The second kappa shape index (κ2) is 4.03. The maximum Gasteiger partial charge on any atom is 0.270 e. The number of hydrogen-bond donors (Lipinski definition) is 2. The standard InChI is InChI=1S/C13H15N5O/c19-13(17-10-4-8-3-9(10)15-6-8)11-5-12-14-1-2-18(12)7-16-11/h1-2,5,7-10,15H,3-4,6H2,(H,17,19)/t8-,9-,10+/m1/s1. The van der Waals surface area contributed by atoms with Crippen LogP contribution in [0.5, 0.6) is 0 Å². The smallest absolute Gasteiger partial charge is 0.270 e. The molecule has 2 aromatic heterocycles. The normalized spacial score (nSPS) is 28.9. The fourth-order valence-corrected chi connectivity index (χ4v) is 3.20. The quantitative estimate of drug-likeness (QED) is 0.807. The van der Waals surface area contributed by atoms with Crippen LogP contribution in [-0.4, -0.2) is 38.9 Å². The van der Waals surface area contributed by atoms with Crippen LogP contribution in [0.4, 0.5) is 0 Å². The van der Waals surface area contributed by atoms with Gasteiger partial charge in [-0.1, -0.05) is 0 Å². The molecule has 98 valence electrons. The molecule has 0 radical (unpaired) electrons. The Morgan fingerprint density at radius 2 is 2.37 bits per heavy atom. The number of carbonyl (C=O) groups is 1. The van der Waals surface area contributed by atoms with E-state index in [1.54, 1.807) is 23.0 Å². The summed E-state index contributed by atoms with van der Waals surface area (Å²) < 4.78 is 1.79. The van der Waals surface area contributed by atoms with Gasteiger partial charge in [-0.25, -0.2) is 9.97 Å². The van der Waals surface area contributed by atoms with Gasteiger partial charge in [0.1, 0.15) is 17.7 Å². The molecule has 1 saturated carbocycles. The van der Waals surface area contributed by atoms with Crippen molar-refractivity contribution in [3.05, 3.63) is 30.5 Å². The minimum absolute atomic E-state index is 0.107. The summed E-state index contributed by atoms with van der Waals surface area (Å²) in [6.45, 7) is 1.09. The number of piperidine rings is 1. The van der Waals surface area contributed by atoms with Crippen LogP contribution in [0.3, 0.4) is 0 Å². The summed E-state index contributed by atoms with van der Waals surface area (Å²) in [5, 5.41) is 6.52. The Balaban J connectivity index is 1.53. The van der Waals surface area contributed by atoms with E-state index in [-0.39, 0.29) is 11.9 Å². The molecule has 1 amide bonds. The van der Waals surface area contributed by atoms with Crippen molar-refractivity contribution in [2.75, 3.05) is 6.54 Å². The summed E-state index contributed by atoms with van der Waals surface area (Å²) in [5.41, 5.74) is 1.17. The Morgan fingerprint density at radius 3 is 3.16 bits per heavy atom. The van der Waals surface area contributed by atoms with Crippen molar-refractivity contribution in [2.24, 2.45) is 5.92 Å². The molecule has 2 aliphatic rings. The zero-order valence-electron chi connectivity index (χ0n) is 10.4. The zero-order valence-corrected chi connectivity index (χ0v) is 10.4. The fraction of sp³-hybridized carbons (Fsp3) is 0.462. The number of amides is 1. The average Bonchev–Trinajstić information content (AvgIpc) is 3.13. The van der Waals surface area contributed by atoms with Gasteiger partial charge in [0, 0.05) is 30.5 Å². The summed E-state index contributed by atoms with van der Waals surface area (Å²) >= 11 is 0. The first-order chi connectivity index (χ1) is 9.29. The fourth-order valence-electron chi connectivity index (χ4n) is 3.20. The lowest BCUT2D eigenvalue weighted by Crippen LogP contribution is -2.48. The van der Waals surface area contributed by atoms with Crippen LogP contribution in [0, 0.1) is 5.92 Å². The lowest BCUT2D eigenvalue weighted by atomic mass is 10.1. The van der Waals surface area contributed by atoms with Gasteiger partial charge in [0.25, 0.3) is 5.91 Å². The van der Waals surface area contributed by atoms with E-state index < -0.39 is 0 Å². The van der Waals surface area contributed by atoms with Crippen LogP contribution in [0.1, 0.15) is 23.3 Å². The number of rotatable bonds is 2. The van der Waals surface area contributed by atoms with E-state index in [0.717, 1.165) is 24.5 Å². The van der Waals surface area contributed by atoms with Crippen LogP contribution in [0.25, 0.3) is 5.65 Å². The minimum atomic E-state index is -0.107. The van der Waals surface area contributed by atoms with Gasteiger partial charge in [-0.05, 0) is 25.3 Å². The molecule has 1 aliphatic carbocycles. The average molecular weight is 257 g/mol. The SMILES string of the molecule is O=C(N[C@H]1C[C@@H]2CN[C@@H]1C2)c1cc2nccn2cn1. The molecule has 2 bridgehead atoms. The molecule has 0 spiro atoms. The number of imidazole rings is 1. The number of carbonyl (C=O) groups excluding carboxylic acids is 1. The van der Waals surface area contributed by atoms with Crippen LogP contribution < -0.4 is 10.6 Å². The third kappa shape index (κ3) is 1.79. The van der Waals surface area contributed by atoms with E-state index in [0.29, 0.717) is 11.7 Å². The van der Waals surface area contributed by atoms with E-state index >= 15 is 0 Å². The Morgan fingerprint density at radius 1 is 1.42 bits per heavy atom. The predicted molar refractivity (Wildman–Crippen MR) is 68.8 cm³/mol.